The summed E-state index contributed by atoms with van der Waals surface area (Å²) >= 11 is 0. The molecule has 0 bridgehead atoms. The van der Waals surface area contributed by atoms with Crippen molar-refractivity contribution in [3.8, 4) is 0 Å². The molecule has 9 heteroatoms. The number of likely N-dealkylation sites (tertiary alicyclic amines) is 1. The van der Waals surface area contributed by atoms with Crippen LogP contribution in [0, 0.1) is 0 Å². The Labute approximate surface area is 234 Å². The number of nitrogens with one attached hydrogen (secondary N) is 3. The van der Waals surface area contributed by atoms with Crippen molar-refractivity contribution in [3.05, 3.63) is 83.9 Å². The third-order valence-corrected chi connectivity index (χ3v) is 7.02. The zero-order chi connectivity index (χ0) is 28.3. The molecule has 0 aromatic heterocycles. The molecule has 1 aliphatic heterocycles. The Morgan fingerprint density at radius 2 is 1.57 bits per heavy atom. The van der Waals surface area contributed by atoms with Gasteiger partial charge in [0.05, 0.1) is 13.0 Å². The predicted molar refractivity (Wildman–Crippen MR) is 152 cm³/mol. The van der Waals surface area contributed by atoms with Crippen molar-refractivity contribution in [2.24, 2.45) is 0 Å². The van der Waals surface area contributed by atoms with Gasteiger partial charge in [-0.15, -0.1) is 0 Å². The van der Waals surface area contributed by atoms with E-state index < -0.39 is 23.9 Å². The topological polar surface area (TPSA) is 117 Å². The molecule has 3 N–H and O–H groups in total. The molecule has 0 aliphatic carbocycles. The highest BCUT2D eigenvalue weighted by atomic mass is 16.5. The number of benzene rings is 3. The molecule has 3 aromatic carbocycles. The van der Waals surface area contributed by atoms with Crippen molar-refractivity contribution in [1.29, 1.82) is 0 Å². The maximum Gasteiger partial charge on any atom is 0.245 e. The number of ether oxygens (including phenoxy) is 1. The van der Waals surface area contributed by atoms with Crippen LogP contribution in [-0.2, 0) is 36.9 Å². The minimum Gasteiger partial charge on any atom is -0.382 e. The molecule has 1 saturated heterocycles. The minimum absolute atomic E-state index is 0.0676. The van der Waals surface area contributed by atoms with Crippen LogP contribution in [0.25, 0.3) is 10.8 Å². The van der Waals surface area contributed by atoms with E-state index in [2.05, 4.69) is 16.0 Å². The van der Waals surface area contributed by atoms with E-state index >= 15 is 0 Å². The highest BCUT2D eigenvalue weighted by molar-refractivity contribution is 5.95. The summed E-state index contributed by atoms with van der Waals surface area (Å²) in [6.07, 6.45) is 1.40. The highest BCUT2D eigenvalue weighted by Gasteiger charge is 2.31. The molecule has 3 aromatic rings. The number of nitrogens with zero attached hydrogens (tertiary/aromatic N) is 1. The number of methoxy groups -OCH3 is 1. The molecule has 4 rings (SSSR count). The second-order valence-electron chi connectivity index (χ2n) is 9.92. The van der Waals surface area contributed by atoms with Crippen molar-refractivity contribution < 1.29 is 23.9 Å². The average Bonchev–Trinajstić information content (AvgIpc) is 2.93. The van der Waals surface area contributed by atoms with Crippen molar-refractivity contribution in [2.45, 2.75) is 44.3 Å². The molecular weight excluding hydrogens is 508 g/mol. The molecule has 0 radical (unpaired) electrons. The van der Waals surface area contributed by atoms with Gasteiger partial charge in [-0.05, 0) is 34.7 Å². The summed E-state index contributed by atoms with van der Waals surface area (Å²) < 4.78 is 5.20. The van der Waals surface area contributed by atoms with Crippen LogP contribution in [0.5, 0.6) is 0 Å². The van der Waals surface area contributed by atoms with E-state index in [0.717, 1.165) is 28.3 Å². The third-order valence-electron chi connectivity index (χ3n) is 7.02. The van der Waals surface area contributed by atoms with Gasteiger partial charge in [-0.3, -0.25) is 19.2 Å². The van der Waals surface area contributed by atoms with E-state index in [9.17, 15) is 19.2 Å². The molecular formula is C31H36N4O5. The molecule has 2 atom stereocenters. The molecule has 1 heterocycles. The van der Waals surface area contributed by atoms with E-state index in [-0.39, 0.29) is 37.8 Å². The molecule has 0 spiro atoms. The summed E-state index contributed by atoms with van der Waals surface area (Å²) in [7, 11) is 1.44. The second-order valence-corrected chi connectivity index (χ2v) is 9.92. The van der Waals surface area contributed by atoms with Crippen LogP contribution in [0.2, 0.25) is 0 Å². The number of fused-ring (bicyclic) bond motifs is 1. The van der Waals surface area contributed by atoms with Crippen LogP contribution in [0.4, 0.5) is 0 Å². The Kier molecular flexibility index (Phi) is 10.2. The lowest BCUT2D eigenvalue weighted by Gasteiger charge is -2.32. The standard InChI is InChI=1S/C31H36N4O5/c1-40-21-27(30(38)32-20-24-13-7-12-23-11-5-6-14-25(23)24)34-31(39)26(19-29(37)35-17-8-18-35)33-28(36)16-15-22-9-3-2-4-10-22/h2-7,9-14,26-27H,8,15-21H2,1H3,(H,32,38)(H,33,36)(H,34,39)/t26-,27-/m0/s1. The predicted octanol–water partition coefficient (Wildman–Crippen LogP) is 2.33. The van der Waals surface area contributed by atoms with Crippen molar-refractivity contribution in [3.63, 3.8) is 0 Å². The van der Waals surface area contributed by atoms with Gasteiger partial charge in [0, 0.05) is 33.2 Å². The van der Waals surface area contributed by atoms with Gasteiger partial charge in [0.15, 0.2) is 0 Å². The van der Waals surface area contributed by atoms with E-state index in [4.69, 9.17) is 4.74 Å². The molecule has 0 unspecified atom stereocenters. The Bertz CT molecular complexity index is 1320. The fourth-order valence-corrected chi connectivity index (χ4v) is 4.62. The molecule has 40 heavy (non-hydrogen) atoms. The lowest BCUT2D eigenvalue weighted by atomic mass is 10.0. The van der Waals surface area contributed by atoms with Crippen LogP contribution < -0.4 is 16.0 Å². The Balaban J connectivity index is 1.39. The van der Waals surface area contributed by atoms with Gasteiger partial charge < -0.3 is 25.6 Å². The van der Waals surface area contributed by atoms with Gasteiger partial charge >= 0.3 is 0 Å². The summed E-state index contributed by atoms with van der Waals surface area (Å²) in [5, 5.41) is 10.4. The number of hydrogen-bond acceptors (Lipinski definition) is 5. The third kappa shape index (κ3) is 7.89. The lowest BCUT2D eigenvalue weighted by Crippen LogP contribution is -2.56. The number of amides is 4. The number of carbonyl (C=O) groups excluding carboxylic acids is 4. The molecule has 1 fully saturated rings. The Morgan fingerprint density at radius 1 is 0.850 bits per heavy atom. The number of hydrogen-bond donors (Lipinski definition) is 3. The SMILES string of the molecule is COC[C@H](NC(=O)[C@H](CC(=O)N1CCC1)NC(=O)CCc1ccccc1)C(=O)NCc1cccc2ccccc12. The van der Waals surface area contributed by atoms with Crippen LogP contribution in [0.3, 0.4) is 0 Å². The van der Waals surface area contributed by atoms with Crippen LogP contribution in [0.15, 0.2) is 72.8 Å². The first kappa shape index (κ1) is 28.8. The smallest absolute Gasteiger partial charge is 0.245 e. The summed E-state index contributed by atoms with van der Waals surface area (Å²) in [5.41, 5.74) is 1.94. The average molecular weight is 545 g/mol. The number of carbonyl (C=O) groups is 4. The maximum absolute atomic E-state index is 13.3. The summed E-state index contributed by atoms with van der Waals surface area (Å²) in [6, 6.07) is 21.2. The van der Waals surface area contributed by atoms with Crippen molar-refractivity contribution >= 4 is 34.4 Å². The molecule has 210 valence electrons. The molecule has 1 aliphatic rings. The minimum atomic E-state index is -1.11. The van der Waals surface area contributed by atoms with Gasteiger partial charge in [0.2, 0.25) is 23.6 Å². The normalized spacial score (nSPS) is 14.1. The quantitative estimate of drug-likeness (QED) is 0.305. The Hall–Kier alpha value is -4.24. The van der Waals surface area contributed by atoms with E-state index in [1.54, 1.807) is 4.90 Å². The van der Waals surface area contributed by atoms with Crippen LogP contribution in [0.1, 0.15) is 30.4 Å². The van der Waals surface area contributed by atoms with Crippen molar-refractivity contribution in [2.75, 3.05) is 26.8 Å². The van der Waals surface area contributed by atoms with Gasteiger partial charge in [-0.25, -0.2) is 0 Å². The molecule has 9 nitrogen and oxygen atoms in total. The van der Waals surface area contributed by atoms with Crippen molar-refractivity contribution in [1.82, 2.24) is 20.9 Å². The van der Waals surface area contributed by atoms with Gasteiger partial charge in [-0.2, -0.15) is 0 Å². The van der Waals surface area contributed by atoms with Crippen LogP contribution in [-0.4, -0.2) is 67.4 Å². The van der Waals surface area contributed by atoms with Gasteiger partial charge in [0.1, 0.15) is 12.1 Å². The zero-order valence-electron chi connectivity index (χ0n) is 22.7. The van der Waals surface area contributed by atoms with E-state index in [1.165, 1.54) is 7.11 Å². The summed E-state index contributed by atoms with van der Waals surface area (Å²) in [5.74, 6) is -1.58. The lowest BCUT2D eigenvalue weighted by molar-refractivity contribution is -0.139. The first-order valence-electron chi connectivity index (χ1n) is 13.6. The zero-order valence-corrected chi connectivity index (χ0v) is 22.7. The first-order valence-corrected chi connectivity index (χ1v) is 13.6. The molecule has 0 saturated carbocycles. The Morgan fingerprint density at radius 3 is 2.30 bits per heavy atom. The fraction of sp³-hybridized carbons (Fsp3) is 0.355. The number of aryl methyl sites for hydroxylation is 1. The number of rotatable bonds is 13. The highest BCUT2D eigenvalue weighted by Crippen LogP contribution is 2.18. The molecule has 4 amide bonds. The summed E-state index contributed by atoms with van der Waals surface area (Å²) in [4.78, 5) is 53.5. The van der Waals surface area contributed by atoms with E-state index in [1.807, 2.05) is 72.8 Å². The second kappa shape index (κ2) is 14.2. The van der Waals surface area contributed by atoms with E-state index in [0.29, 0.717) is 19.5 Å². The largest absolute Gasteiger partial charge is 0.382 e. The van der Waals surface area contributed by atoms with Gasteiger partial charge in [0.25, 0.3) is 0 Å². The summed E-state index contributed by atoms with van der Waals surface area (Å²) in [6.45, 7) is 1.47. The van der Waals surface area contributed by atoms with Crippen LogP contribution >= 0.6 is 0 Å². The monoisotopic (exact) mass is 544 g/mol. The maximum atomic E-state index is 13.3. The fourth-order valence-electron chi connectivity index (χ4n) is 4.62. The van der Waals surface area contributed by atoms with Gasteiger partial charge in [-0.1, -0.05) is 72.8 Å². The first-order chi connectivity index (χ1) is 19.4.